The molecule has 8 nitrogen and oxygen atoms in total. The highest BCUT2D eigenvalue weighted by Gasteiger charge is 2.36. The Morgan fingerprint density at radius 2 is 1.75 bits per heavy atom. The smallest absolute Gasteiger partial charge is 0.408 e. The van der Waals surface area contributed by atoms with Gasteiger partial charge in [0.15, 0.2) is 0 Å². The number of hydrogen-bond donors (Lipinski definition) is 3. The van der Waals surface area contributed by atoms with Crippen LogP contribution in [0.15, 0.2) is 49.1 Å². The lowest BCUT2D eigenvalue weighted by Gasteiger charge is -2.33. The largest absolute Gasteiger partial charge is 0.507 e. The van der Waals surface area contributed by atoms with Crippen LogP contribution in [0.4, 0.5) is 10.5 Å². The van der Waals surface area contributed by atoms with Crippen LogP contribution in [-0.2, 0) is 14.3 Å². The maximum Gasteiger partial charge on any atom is 0.408 e. The standard InChI is InChI=1S/C27H34ClN3O5/c1-8-15-31(25(34)18(4)29-26(35)36-27(5,6)7)22(19-13-9-12-17(3)23(19)32)24(33)30-21-16(2)11-10-14-20(21)28/h8-14,18,22,32H,1,15H2,2-7H3,(H,29,35)(H,30,33). The second-order valence-electron chi connectivity index (χ2n) is 9.48. The highest BCUT2D eigenvalue weighted by molar-refractivity contribution is 6.34. The molecule has 9 heteroatoms. The van der Waals surface area contributed by atoms with E-state index in [9.17, 15) is 19.5 Å². The van der Waals surface area contributed by atoms with E-state index in [1.54, 1.807) is 71.0 Å². The molecule has 0 spiro atoms. The van der Waals surface area contributed by atoms with Crippen LogP contribution in [0.3, 0.4) is 0 Å². The number of aryl methyl sites for hydroxylation is 2. The molecule has 0 bridgehead atoms. The van der Waals surface area contributed by atoms with Gasteiger partial charge in [-0.2, -0.15) is 0 Å². The summed E-state index contributed by atoms with van der Waals surface area (Å²) < 4.78 is 5.26. The molecule has 0 aliphatic rings. The van der Waals surface area contributed by atoms with Crippen molar-refractivity contribution < 1.29 is 24.2 Å². The number of hydrogen-bond acceptors (Lipinski definition) is 5. The number of alkyl carbamates (subject to hydrolysis) is 1. The first kappa shape index (κ1) is 28.7. The predicted octanol–water partition coefficient (Wildman–Crippen LogP) is 5.27. The van der Waals surface area contributed by atoms with Crippen LogP contribution < -0.4 is 10.6 Å². The molecule has 194 valence electrons. The summed E-state index contributed by atoms with van der Waals surface area (Å²) in [4.78, 5) is 40.8. The first-order chi connectivity index (χ1) is 16.8. The van der Waals surface area contributed by atoms with Gasteiger partial charge >= 0.3 is 6.09 Å². The van der Waals surface area contributed by atoms with Gasteiger partial charge in [0.05, 0.1) is 10.7 Å². The molecule has 0 saturated heterocycles. The Morgan fingerprint density at radius 1 is 1.14 bits per heavy atom. The molecule has 0 aromatic heterocycles. The van der Waals surface area contributed by atoms with Gasteiger partial charge in [0, 0.05) is 12.1 Å². The van der Waals surface area contributed by atoms with E-state index in [0.29, 0.717) is 16.3 Å². The quantitative estimate of drug-likeness (QED) is 0.415. The van der Waals surface area contributed by atoms with Crippen molar-refractivity contribution in [2.45, 2.75) is 59.2 Å². The van der Waals surface area contributed by atoms with Crippen molar-refractivity contribution in [2.75, 3.05) is 11.9 Å². The minimum Gasteiger partial charge on any atom is -0.507 e. The number of para-hydroxylation sites is 2. The van der Waals surface area contributed by atoms with Crippen LogP contribution in [-0.4, -0.2) is 46.1 Å². The molecule has 0 heterocycles. The summed E-state index contributed by atoms with van der Waals surface area (Å²) in [5.74, 6) is -1.28. The second-order valence-corrected chi connectivity index (χ2v) is 9.89. The lowest BCUT2D eigenvalue weighted by atomic mass is 9.99. The van der Waals surface area contributed by atoms with Gasteiger partial charge in [0.25, 0.3) is 5.91 Å². The first-order valence-electron chi connectivity index (χ1n) is 11.5. The fraction of sp³-hybridized carbons (Fsp3) is 0.370. The van der Waals surface area contributed by atoms with Crippen LogP contribution >= 0.6 is 11.6 Å². The number of benzene rings is 2. The van der Waals surface area contributed by atoms with Gasteiger partial charge in [0.1, 0.15) is 23.4 Å². The Balaban J connectivity index is 2.51. The zero-order chi connectivity index (χ0) is 27.2. The maximum atomic E-state index is 13.7. The number of anilines is 1. The summed E-state index contributed by atoms with van der Waals surface area (Å²) in [5, 5.41) is 16.5. The van der Waals surface area contributed by atoms with Gasteiger partial charge in [-0.1, -0.05) is 48.0 Å². The summed E-state index contributed by atoms with van der Waals surface area (Å²) in [6.45, 7) is 13.8. The van der Waals surface area contributed by atoms with Crippen LogP contribution in [0.5, 0.6) is 5.75 Å². The second kappa shape index (κ2) is 11.9. The minimum atomic E-state index is -1.26. The SMILES string of the molecule is C=CCN(C(=O)C(C)NC(=O)OC(C)(C)C)C(C(=O)Nc1c(C)cccc1Cl)c1cccc(C)c1O. The lowest BCUT2D eigenvalue weighted by Crippen LogP contribution is -2.51. The number of carbonyl (C=O) groups excluding carboxylic acids is 3. The zero-order valence-corrected chi connectivity index (χ0v) is 22.3. The Hall–Kier alpha value is -3.52. The van der Waals surface area contributed by atoms with Crippen LogP contribution in [0.2, 0.25) is 5.02 Å². The van der Waals surface area contributed by atoms with Gasteiger partial charge in [-0.15, -0.1) is 6.58 Å². The highest BCUT2D eigenvalue weighted by atomic mass is 35.5. The van der Waals surface area contributed by atoms with Crippen LogP contribution in [0.25, 0.3) is 0 Å². The molecule has 36 heavy (non-hydrogen) atoms. The number of phenols is 1. The van der Waals surface area contributed by atoms with Gasteiger partial charge in [-0.3, -0.25) is 9.59 Å². The molecule has 0 aliphatic heterocycles. The molecule has 2 rings (SSSR count). The average Bonchev–Trinajstić information content (AvgIpc) is 2.77. The molecule has 0 aliphatic carbocycles. The van der Waals surface area contributed by atoms with Gasteiger partial charge in [0.2, 0.25) is 5.91 Å². The maximum absolute atomic E-state index is 13.7. The highest BCUT2D eigenvalue weighted by Crippen LogP contribution is 2.34. The Kier molecular flexibility index (Phi) is 9.53. The number of aromatic hydroxyl groups is 1. The third-order valence-corrected chi connectivity index (χ3v) is 5.62. The lowest BCUT2D eigenvalue weighted by molar-refractivity contribution is -0.139. The van der Waals surface area contributed by atoms with E-state index in [4.69, 9.17) is 16.3 Å². The number of nitrogens with one attached hydrogen (secondary N) is 2. The normalized spacial score (nSPS) is 12.8. The Labute approximate surface area is 217 Å². The number of rotatable bonds is 8. The number of halogens is 1. The molecule has 0 saturated carbocycles. The van der Waals surface area contributed by atoms with Gasteiger partial charge < -0.3 is 25.4 Å². The molecular weight excluding hydrogens is 482 g/mol. The minimum absolute atomic E-state index is 0.0356. The summed E-state index contributed by atoms with van der Waals surface area (Å²) in [5.41, 5.74) is 1.12. The molecule has 2 aromatic rings. The molecule has 0 radical (unpaired) electrons. The van der Waals surface area contributed by atoms with Crippen molar-refractivity contribution in [3.8, 4) is 5.75 Å². The topological polar surface area (TPSA) is 108 Å². The summed E-state index contributed by atoms with van der Waals surface area (Å²) >= 11 is 6.32. The van der Waals surface area contributed by atoms with Crippen LogP contribution in [0.1, 0.15) is 50.4 Å². The number of ether oxygens (including phenoxy) is 1. The number of phenolic OH excluding ortho intramolecular Hbond substituents is 1. The van der Waals surface area contributed by atoms with E-state index in [-0.39, 0.29) is 17.9 Å². The van der Waals surface area contributed by atoms with E-state index in [2.05, 4.69) is 17.2 Å². The first-order valence-corrected chi connectivity index (χ1v) is 11.9. The van der Waals surface area contributed by atoms with E-state index in [1.165, 1.54) is 17.9 Å². The van der Waals surface area contributed by atoms with Crippen molar-refractivity contribution in [3.05, 3.63) is 70.8 Å². The fourth-order valence-corrected chi connectivity index (χ4v) is 3.86. The van der Waals surface area contributed by atoms with Gasteiger partial charge in [-0.25, -0.2) is 4.79 Å². The number of amides is 3. The number of carbonyl (C=O) groups is 3. The molecule has 2 unspecified atom stereocenters. The van der Waals surface area contributed by atoms with Crippen molar-refractivity contribution in [3.63, 3.8) is 0 Å². The Bertz CT molecular complexity index is 1120. The van der Waals surface area contributed by atoms with Crippen molar-refractivity contribution >= 4 is 35.2 Å². The molecule has 2 aromatic carbocycles. The van der Waals surface area contributed by atoms with E-state index in [0.717, 1.165) is 5.56 Å². The zero-order valence-electron chi connectivity index (χ0n) is 21.5. The number of nitrogens with zero attached hydrogens (tertiary/aromatic N) is 1. The monoisotopic (exact) mass is 515 g/mol. The summed E-state index contributed by atoms with van der Waals surface area (Å²) in [6.07, 6.45) is 0.694. The van der Waals surface area contributed by atoms with Crippen LogP contribution in [0, 0.1) is 13.8 Å². The molecule has 3 N–H and O–H groups in total. The third kappa shape index (κ3) is 7.24. The van der Waals surface area contributed by atoms with E-state index in [1.807, 2.05) is 0 Å². The molecule has 2 atom stereocenters. The summed E-state index contributed by atoms with van der Waals surface area (Å²) in [6, 6.07) is 7.85. The summed E-state index contributed by atoms with van der Waals surface area (Å²) in [7, 11) is 0. The molecule has 3 amide bonds. The molecule has 0 fully saturated rings. The fourth-order valence-electron chi connectivity index (χ4n) is 3.59. The van der Waals surface area contributed by atoms with Crippen molar-refractivity contribution in [1.29, 1.82) is 0 Å². The van der Waals surface area contributed by atoms with Crippen molar-refractivity contribution in [2.24, 2.45) is 0 Å². The van der Waals surface area contributed by atoms with Gasteiger partial charge in [-0.05, 0) is 58.7 Å². The molecular formula is C27H34ClN3O5. The Morgan fingerprint density at radius 3 is 2.33 bits per heavy atom. The third-order valence-electron chi connectivity index (χ3n) is 5.31. The predicted molar refractivity (Wildman–Crippen MR) is 141 cm³/mol. The van der Waals surface area contributed by atoms with Crippen molar-refractivity contribution in [1.82, 2.24) is 10.2 Å². The van der Waals surface area contributed by atoms with E-state index >= 15 is 0 Å². The average molecular weight is 516 g/mol. The van der Waals surface area contributed by atoms with E-state index < -0.39 is 35.6 Å².